The third kappa shape index (κ3) is 5.23. The van der Waals surface area contributed by atoms with E-state index in [0.717, 1.165) is 12.8 Å². The molecule has 3 N–H and O–H groups in total. The fraction of sp³-hybridized carbons (Fsp3) is 0.556. The van der Waals surface area contributed by atoms with E-state index >= 15 is 0 Å². The summed E-state index contributed by atoms with van der Waals surface area (Å²) in [6, 6.07) is 6.71. The molecule has 0 aromatic heterocycles. The molecule has 0 radical (unpaired) electrons. The highest BCUT2D eigenvalue weighted by Crippen LogP contribution is 2.18. The van der Waals surface area contributed by atoms with Crippen LogP contribution in [0.1, 0.15) is 44.0 Å². The van der Waals surface area contributed by atoms with Crippen LogP contribution in [0.5, 0.6) is 0 Å². The third-order valence-electron chi connectivity index (χ3n) is 3.93. The summed E-state index contributed by atoms with van der Waals surface area (Å²) < 4.78 is 0. The fourth-order valence-corrected chi connectivity index (χ4v) is 2.75. The minimum absolute atomic E-state index is 0.103. The smallest absolute Gasteiger partial charge is 0.321 e. The molecule has 1 aliphatic rings. The summed E-state index contributed by atoms with van der Waals surface area (Å²) in [6.45, 7) is 7.12. The minimum Gasteiger partial charge on any atom is -0.396 e. The van der Waals surface area contributed by atoms with Gasteiger partial charge < -0.3 is 20.6 Å². The number of anilines is 1. The number of urea groups is 1. The van der Waals surface area contributed by atoms with Crippen LogP contribution in [0, 0.1) is 5.92 Å². The van der Waals surface area contributed by atoms with Crippen LogP contribution in [-0.4, -0.2) is 47.2 Å². The lowest BCUT2D eigenvalue weighted by Crippen LogP contribution is -2.43. The molecule has 0 spiro atoms. The first-order chi connectivity index (χ1) is 11.3. The van der Waals surface area contributed by atoms with E-state index in [-0.39, 0.29) is 30.0 Å². The number of carbonyl (C=O) groups is 2. The highest BCUT2D eigenvalue weighted by molar-refractivity contribution is 5.97. The van der Waals surface area contributed by atoms with Gasteiger partial charge in [0.2, 0.25) is 0 Å². The summed E-state index contributed by atoms with van der Waals surface area (Å²) in [5.41, 5.74) is 0.783. The first-order valence-electron chi connectivity index (χ1n) is 8.38. The Morgan fingerprint density at radius 1 is 1.33 bits per heavy atom. The molecule has 1 unspecified atom stereocenters. The molecule has 1 fully saturated rings. The van der Waals surface area contributed by atoms with Crippen molar-refractivity contribution in [1.29, 1.82) is 0 Å². The third-order valence-corrected chi connectivity index (χ3v) is 3.93. The maximum absolute atomic E-state index is 12.4. The van der Waals surface area contributed by atoms with Crippen LogP contribution < -0.4 is 10.6 Å². The monoisotopic (exact) mass is 333 g/mol. The molecular weight excluding hydrogens is 306 g/mol. The van der Waals surface area contributed by atoms with Crippen molar-refractivity contribution in [3.63, 3.8) is 0 Å². The molecule has 1 aliphatic heterocycles. The Morgan fingerprint density at radius 2 is 2.08 bits per heavy atom. The second-order valence-electron chi connectivity index (χ2n) is 7.35. The number of nitrogens with one attached hydrogen (secondary N) is 2. The van der Waals surface area contributed by atoms with E-state index in [4.69, 9.17) is 0 Å². The van der Waals surface area contributed by atoms with Crippen molar-refractivity contribution in [3.05, 3.63) is 29.8 Å². The van der Waals surface area contributed by atoms with Gasteiger partial charge in [-0.15, -0.1) is 0 Å². The molecule has 1 aromatic carbocycles. The van der Waals surface area contributed by atoms with E-state index in [1.165, 1.54) is 0 Å². The second kappa shape index (κ2) is 7.66. The molecule has 0 saturated carbocycles. The number of piperidine rings is 1. The number of amides is 3. The van der Waals surface area contributed by atoms with Crippen molar-refractivity contribution in [3.8, 4) is 0 Å². The summed E-state index contributed by atoms with van der Waals surface area (Å²) >= 11 is 0. The molecule has 132 valence electrons. The molecule has 2 rings (SSSR count). The SMILES string of the molecule is CC(C)(C)NC(=O)c1cccc(NC(=O)N2CCCC(CO)C2)c1. The zero-order valence-corrected chi connectivity index (χ0v) is 14.6. The van der Waals surface area contributed by atoms with Crippen LogP contribution in [0.4, 0.5) is 10.5 Å². The molecule has 1 saturated heterocycles. The summed E-state index contributed by atoms with van der Waals surface area (Å²) in [5, 5.41) is 15.0. The molecule has 1 atom stereocenters. The molecular formula is C18H27N3O3. The van der Waals surface area contributed by atoms with Gasteiger partial charge in [0.1, 0.15) is 0 Å². The van der Waals surface area contributed by atoms with Crippen molar-refractivity contribution >= 4 is 17.6 Å². The van der Waals surface area contributed by atoms with E-state index in [1.807, 2.05) is 20.8 Å². The Labute approximate surface area is 143 Å². The number of carbonyl (C=O) groups excluding carboxylic acids is 2. The summed E-state index contributed by atoms with van der Waals surface area (Å²) in [7, 11) is 0. The molecule has 3 amide bonds. The fourth-order valence-electron chi connectivity index (χ4n) is 2.75. The van der Waals surface area contributed by atoms with E-state index in [2.05, 4.69) is 10.6 Å². The quantitative estimate of drug-likeness (QED) is 0.795. The molecule has 6 nitrogen and oxygen atoms in total. The van der Waals surface area contributed by atoms with Crippen molar-refractivity contribution in [1.82, 2.24) is 10.2 Å². The molecule has 1 heterocycles. The van der Waals surface area contributed by atoms with Crippen LogP contribution in [0.3, 0.4) is 0 Å². The lowest BCUT2D eigenvalue weighted by Gasteiger charge is -2.31. The first-order valence-corrected chi connectivity index (χ1v) is 8.38. The maximum Gasteiger partial charge on any atom is 0.321 e. The average Bonchev–Trinajstić information content (AvgIpc) is 2.53. The van der Waals surface area contributed by atoms with Gasteiger partial charge >= 0.3 is 6.03 Å². The number of hydrogen-bond donors (Lipinski definition) is 3. The summed E-state index contributed by atoms with van der Waals surface area (Å²) in [6.07, 6.45) is 1.84. The van der Waals surface area contributed by atoms with Crippen molar-refractivity contribution in [2.24, 2.45) is 5.92 Å². The predicted molar refractivity (Wildman–Crippen MR) is 94.1 cm³/mol. The van der Waals surface area contributed by atoms with Gasteiger partial charge in [-0.25, -0.2) is 4.79 Å². The highest BCUT2D eigenvalue weighted by atomic mass is 16.3. The van der Waals surface area contributed by atoms with Crippen LogP contribution in [0.15, 0.2) is 24.3 Å². The topological polar surface area (TPSA) is 81.7 Å². The van der Waals surface area contributed by atoms with Crippen molar-refractivity contribution < 1.29 is 14.7 Å². The Hall–Kier alpha value is -2.08. The first kappa shape index (κ1) is 18.3. The Bertz CT molecular complexity index is 595. The van der Waals surface area contributed by atoms with Crippen molar-refractivity contribution in [2.75, 3.05) is 25.0 Å². The highest BCUT2D eigenvalue weighted by Gasteiger charge is 2.23. The minimum atomic E-state index is -0.316. The van der Waals surface area contributed by atoms with E-state index < -0.39 is 0 Å². The number of likely N-dealkylation sites (tertiary alicyclic amines) is 1. The van der Waals surface area contributed by atoms with Crippen molar-refractivity contribution in [2.45, 2.75) is 39.2 Å². The Balaban J connectivity index is 2.01. The predicted octanol–water partition coefficient (Wildman–Crippen LogP) is 2.45. The Morgan fingerprint density at radius 3 is 2.75 bits per heavy atom. The van der Waals surface area contributed by atoms with Crippen LogP contribution in [0.2, 0.25) is 0 Å². The van der Waals surface area contributed by atoms with Gasteiger partial charge in [0, 0.05) is 36.5 Å². The molecule has 24 heavy (non-hydrogen) atoms. The van der Waals surface area contributed by atoms with E-state index in [9.17, 15) is 14.7 Å². The van der Waals surface area contributed by atoms with Gasteiger partial charge in [0.05, 0.1) is 0 Å². The summed E-state index contributed by atoms with van der Waals surface area (Å²) in [5.74, 6) is -0.0229. The Kier molecular flexibility index (Phi) is 5.83. The van der Waals surface area contributed by atoms with Gasteiger partial charge in [-0.2, -0.15) is 0 Å². The molecule has 0 bridgehead atoms. The molecule has 0 aliphatic carbocycles. The van der Waals surface area contributed by atoms with Crippen LogP contribution >= 0.6 is 0 Å². The molecule has 1 aromatic rings. The zero-order chi connectivity index (χ0) is 17.7. The summed E-state index contributed by atoms with van der Waals surface area (Å²) in [4.78, 5) is 26.3. The standard InChI is InChI=1S/C18H27N3O3/c1-18(2,3)20-16(23)14-7-4-8-15(10-14)19-17(24)21-9-5-6-13(11-21)12-22/h4,7-8,10,13,22H,5-6,9,11-12H2,1-3H3,(H,19,24)(H,20,23). The zero-order valence-electron chi connectivity index (χ0n) is 14.6. The maximum atomic E-state index is 12.4. The normalized spacial score (nSPS) is 18.2. The van der Waals surface area contributed by atoms with Gasteiger partial charge in [-0.1, -0.05) is 6.07 Å². The van der Waals surface area contributed by atoms with Gasteiger partial charge in [-0.05, 0) is 57.7 Å². The van der Waals surface area contributed by atoms with Gasteiger partial charge in [0.15, 0.2) is 0 Å². The van der Waals surface area contributed by atoms with Gasteiger partial charge in [-0.3, -0.25) is 4.79 Å². The number of hydrogen-bond acceptors (Lipinski definition) is 3. The van der Waals surface area contributed by atoms with E-state index in [0.29, 0.717) is 24.3 Å². The number of nitrogens with zero attached hydrogens (tertiary/aromatic N) is 1. The number of aliphatic hydroxyl groups excluding tert-OH is 1. The number of benzene rings is 1. The average molecular weight is 333 g/mol. The molecule has 6 heteroatoms. The lowest BCUT2D eigenvalue weighted by atomic mass is 9.99. The number of aliphatic hydroxyl groups is 1. The second-order valence-corrected chi connectivity index (χ2v) is 7.35. The van der Waals surface area contributed by atoms with Crippen LogP contribution in [0.25, 0.3) is 0 Å². The van der Waals surface area contributed by atoms with E-state index in [1.54, 1.807) is 29.2 Å². The van der Waals surface area contributed by atoms with Crippen LogP contribution in [-0.2, 0) is 0 Å². The number of rotatable bonds is 3. The lowest BCUT2D eigenvalue weighted by molar-refractivity contribution is 0.0919. The largest absolute Gasteiger partial charge is 0.396 e. The van der Waals surface area contributed by atoms with Gasteiger partial charge in [0.25, 0.3) is 5.91 Å².